The van der Waals surface area contributed by atoms with Crippen LogP contribution in [0.15, 0.2) is 41.1 Å². The minimum absolute atomic E-state index is 0.0260. The molecule has 0 saturated heterocycles. The second kappa shape index (κ2) is 8.83. The summed E-state index contributed by atoms with van der Waals surface area (Å²) in [7, 11) is 1.39. The quantitative estimate of drug-likeness (QED) is 0.428. The first-order chi connectivity index (χ1) is 15.0. The lowest BCUT2D eigenvalue weighted by atomic mass is 10.0. The molecular weight excluding hydrogens is 406 g/mol. The number of methoxy groups -OCH3 is 1. The average Bonchev–Trinajstić information content (AvgIpc) is 3.49. The number of hydrogen-bond acceptors (Lipinski definition) is 6. The molecule has 8 heteroatoms. The molecule has 1 aromatic carbocycles. The average molecular weight is 428 g/mol. The normalized spacial score (nSPS) is 13.5. The van der Waals surface area contributed by atoms with Gasteiger partial charge in [-0.2, -0.15) is 8.78 Å². The molecule has 3 aromatic rings. The Morgan fingerprint density at radius 3 is 2.74 bits per heavy atom. The Hall–Kier alpha value is -3.29. The van der Waals surface area contributed by atoms with Crippen LogP contribution in [-0.4, -0.2) is 29.5 Å². The first-order valence-corrected chi connectivity index (χ1v) is 10.0. The fourth-order valence-electron chi connectivity index (χ4n) is 3.56. The van der Waals surface area contributed by atoms with E-state index in [-0.39, 0.29) is 35.5 Å². The fourth-order valence-corrected chi connectivity index (χ4v) is 3.56. The molecular formula is C23H22F2N2O4. The van der Waals surface area contributed by atoms with Crippen LogP contribution < -0.4 is 9.47 Å². The van der Waals surface area contributed by atoms with Gasteiger partial charge in [0.1, 0.15) is 12.0 Å². The number of ketones is 1. The van der Waals surface area contributed by atoms with E-state index in [2.05, 4.69) is 9.97 Å². The van der Waals surface area contributed by atoms with Crippen LogP contribution in [0.5, 0.6) is 11.5 Å². The van der Waals surface area contributed by atoms with Crippen LogP contribution in [0.4, 0.5) is 8.78 Å². The van der Waals surface area contributed by atoms with Gasteiger partial charge in [0.05, 0.1) is 18.4 Å². The minimum atomic E-state index is -2.97. The molecule has 0 amide bonds. The molecule has 0 aliphatic heterocycles. The number of benzene rings is 1. The van der Waals surface area contributed by atoms with Crippen LogP contribution in [0.3, 0.4) is 0 Å². The Balaban J connectivity index is 1.56. The number of aromatic nitrogens is 2. The van der Waals surface area contributed by atoms with Gasteiger partial charge in [0, 0.05) is 24.6 Å². The van der Waals surface area contributed by atoms with Crippen LogP contribution in [0.25, 0.3) is 11.5 Å². The third-order valence-corrected chi connectivity index (χ3v) is 5.23. The van der Waals surface area contributed by atoms with E-state index >= 15 is 0 Å². The summed E-state index contributed by atoms with van der Waals surface area (Å²) >= 11 is 0. The molecule has 1 aliphatic carbocycles. The zero-order chi connectivity index (χ0) is 22.0. The van der Waals surface area contributed by atoms with Gasteiger partial charge in [0.25, 0.3) is 0 Å². The van der Waals surface area contributed by atoms with Crippen molar-refractivity contribution in [2.45, 2.75) is 45.1 Å². The molecule has 0 N–H and O–H groups in total. The molecule has 0 bridgehead atoms. The maximum absolute atomic E-state index is 13.0. The van der Waals surface area contributed by atoms with Gasteiger partial charge in [-0.15, -0.1) is 0 Å². The largest absolute Gasteiger partial charge is 0.492 e. The Morgan fingerprint density at radius 2 is 2.06 bits per heavy atom. The van der Waals surface area contributed by atoms with Crippen molar-refractivity contribution in [3.63, 3.8) is 0 Å². The number of nitrogens with zero attached hydrogens (tertiary/aromatic N) is 2. The maximum Gasteiger partial charge on any atom is 0.387 e. The third-order valence-electron chi connectivity index (χ3n) is 5.23. The summed E-state index contributed by atoms with van der Waals surface area (Å²) in [4.78, 5) is 21.0. The van der Waals surface area contributed by atoms with Gasteiger partial charge in [-0.1, -0.05) is 12.1 Å². The monoisotopic (exact) mass is 428 g/mol. The molecule has 1 fully saturated rings. The Labute approximate surface area is 178 Å². The predicted molar refractivity (Wildman–Crippen MR) is 109 cm³/mol. The number of aryl methyl sites for hydroxylation is 2. The number of pyridine rings is 1. The fraction of sp³-hybridized carbons (Fsp3) is 0.348. The van der Waals surface area contributed by atoms with E-state index in [4.69, 9.17) is 13.9 Å². The molecule has 31 heavy (non-hydrogen) atoms. The van der Waals surface area contributed by atoms with Crippen LogP contribution in [-0.2, 0) is 6.42 Å². The molecule has 6 nitrogen and oxygen atoms in total. The van der Waals surface area contributed by atoms with E-state index in [0.717, 1.165) is 18.4 Å². The summed E-state index contributed by atoms with van der Waals surface area (Å²) < 4.78 is 41.8. The van der Waals surface area contributed by atoms with Crippen molar-refractivity contribution < 1.29 is 27.5 Å². The molecule has 1 saturated carbocycles. The van der Waals surface area contributed by atoms with Crippen LogP contribution >= 0.6 is 0 Å². The number of carbonyl (C=O) groups is 1. The Bertz CT molecular complexity index is 1090. The summed E-state index contributed by atoms with van der Waals surface area (Å²) in [5, 5.41) is 0. The zero-order valence-corrected chi connectivity index (χ0v) is 17.2. The van der Waals surface area contributed by atoms with Gasteiger partial charge in [-0.25, -0.2) is 4.98 Å². The Morgan fingerprint density at radius 1 is 1.26 bits per heavy atom. The van der Waals surface area contributed by atoms with Gasteiger partial charge in [-0.05, 0) is 43.4 Å². The van der Waals surface area contributed by atoms with Crippen molar-refractivity contribution in [3.05, 3.63) is 59.2 Å². The number of alkyl halides is 2. The van der Waals surface area contributed by atoms with Crippen LogP contribution in [0.1, 0.15) is 52.5 Å². The lowest BCUT2D eigenvalue weighted by Gasteiger charge is -2.16. The smallest absolute Gasteiger partial charge is 0.387 e. The summed E-state index contributed by atoms with van der Waals surface area (Å²) in [5.74, 6) is 0.519. The number of hydrogen-bond donors (Lipinski definition) is 0. The molecule has 1 aliphatic rings. The highest BCUT2D eigenvalue weighted by atomic mass is 19.3. The highest BCUT2D eigenvalue weighted by Crippen LogP contribution is 2.50. The van der Waals surface area contributed by atoms with E-state index in [1.54, 1.807) is 24.4 Å². The van der Waals surface area contributed by atoms with Crippen molar-refractivity contribution in [1.82, 2.24) is 9.97 Å². The molecule has 0 spiro atoms. The first-order valence-electron chi connectivity index (χ1n) is 10.0. The highest BCUT2D eigenvalue weighted by molar-refractivity contribution is 5.95. The van der Waals surface area contributed by atoms with E-state index in [1.807, 2.05) is 13.0 Å². The Kier molecular flexibility index (Phi) is 5.97. The van der Waals surface area contributed by atoms with Crippen molar-refractivity contribution in [2.75, 3.05) is 7.11 Å². The molecule has 162 valence electrons. The molecule has 4 rings (SSSR count). The number of rotatable bonds is 9. The minimum Gasteiger partial charge on any atom is -0.492 e. The van der Waals surface area contributed by atoms with Gasteiger partial charge >= 0.3 is 6.61 Å². The maximum atomic E-state index is 13.0. The number of halogens is 2. The van der Waals surface area contributed by atoms with Crippen LogP contribution in [0, 0.1) is 6.92 Å². The third kappa shape index (κ3) is 4.57. The second-order valence-corrected chi connectivity index (χ2v) is 7.45. The van der Waals surface area contributed by atoms with Crippen molar-refractivity contribution >= 4 is 5.78 Å². The molecule has 2 aromatic heterocycles. The van der Waals surface area contributed by atoms with E-state index in [0.29, 0.717) is 28.9 Å². The lowest BCUT2D eigenvalue weighted by molar-refractivity contribution is -0.0517. The number of Topliss-reactive ketones (excluding diaryl/α,β-unsaturated/α-hetero) is 1. The summed E-state index contributed by atoms with van der Waals surface area (Å²) in [6.07, 6.45) is 5.48. The lowest BCUT2D eigenvalue weighted by Crippen LogP contribution is -2.07. The molecule has 0 unspecified atom stereocenters. The SMILES string of the molecule is COc1c(-c2nc(CCC(=O)c3ncccc3C)co2)ccc(C2CC2)c1OC(F)F. The van der Waals surface area contributed by atoms with Crippen molar-refractivity contribution in [2.24, 2.45) is 0 Å². The highest BCUT2D eigenvalue weighted by Gasteiger charge is 2.31. The van der Waals surface area contributed by atoms with Gasteiger partial charge in [-0.3, -0.25) is 9.78 Å². The number of ether oxygens (including phenoxy) is 2. The van der Waals surface area contributed by atoms with E-state index < -0.39 is 6.61 Å². The van der Waals surface area contributed by atoms with Crippen molar-refractivity contribution in [1.29, 1.82) is 0 Å². The molecule has 2 heterocycles. The van der Waals surface area contributed by atoms with Crippen LogP contribution in [0.2, 0.25) is 0 Å². The summed E-state index contributed by atoms with van der Waals surface area (Å²) in [6.45, 7) is -1.13. The van der Waals surface area contributed by atoms with Gasteiger partial charge in [0.15, 0.2) is 17.3 Å². The van der Waals surface area contributed by atoms with E-state index in [1.165, 1.54) is 13.4 Å². The number of carbonyl (C=O) groups excluding carboxylic acids is 1. The molecule has 0 radical (unpaired) electrons. The standard InChI is InChI=1S/C23H22F2N2O4/c1-13-4-3-11-26-19(13)18(28)10-7-15-12-30-22(27-15)17-9-8-16(14-5-6-14)21(20(17)29-2)31-23(24)25/h3-4,8-9,11-12,14,23H,5-7,10H2,1-2H3. The van der Waals surface area contributed by atoms with Gasteiger partial charge in [0.2, 0.25) is 5.89 Å². The predicted octanol–water partition coefficient (Wildman–Crippen LogP) is 5.35. The topological polar surface area (TPSA) is 74.5 Å². The second-order valence-electron chi connectivity index (χ2n) is 7.45. The molecule has 0 atom stereocenters. The summed E-state index contributed by atoms with van der Waals surface area (Å²) in [6, 6.07) is 7.11. The van der Waals surface area contributed by atoms with Gasteiger partial charge < -0.3 is 13.9 Å². The number of oxazole rings is 1. The van der Waals surface area contributed by atoms with E-state index in [9.17, 15) is 13.6 Å². The van der Waals surface area contributed by atoms with Crippen molar-refractivity contribution in [3.8, 4) is 23.0 Å². The first kappa shape index (κ1) is 21.0. The summed E-state index contributed by atoms with van der Waals surface area (Å²) in [5.41, 5.74) is 2.95. The zero-order valence-electron chi connectivity index (χ0n) is 17.2.